The first-order valence-electron chi connectivity index (χ1n) is 7.14. The largest absolute Gasteiger partial charge is 0.340 e. The molecule has 1 aromatic rings. The van der Waals surface area contributed by atoms with E-state index < -0.39 is 11.1 Å². The minimum atomic E-state index is -0.805. The van der Waals surface area contributed by atoms with Gasteiger partial charge < -0.3 is 10.2 Å². The maximum Gasteiger partial charge on any atom is 0.249 e. The number of carbonyl (C=O) groups is 2. The number of thiophene rings is 1. The van der Waals surface area contributed by atoms with E-state index in [2.05, 4.69) is 21.2 Å². The van der Waals surface area contributed by atoms with Crippen molar-refractivity contribution in [1.82, 2.24) is 10.2 Å². The van der Waals surface area contributed by atoms with Crippen LogP contribution in [0.1, 0.15) is 45.4 Å². The molecule has 0 bridgehead atoms. The molecule has 1 saturated heterocycles. The van der Waals surface area contributed by atoms with Gasteiger partial charge in [-0.05, 0) is 48.7 Å². The summed E-state index contributed by atoms with van der Waals surface area (Å²) < 4.78 is 1.01. The number of amides is 2. The number of halogens is 1. The van der Waals surface area contributed by atoms with Crippen molar-refractivity contribution >= 4 is 39.1 Å². The highest BCUT2D eigenvalue weighted by molar-refractivity contribution is 9.10. The Hall–Kier alpha value is -0.880. The quantitative estimate of drug-likeness (QED) is 0.881. The lowest BCUT2D eigenvalue weighted by Crippen LogP contribution is -2.73. The lowest BCUT2D eigenvalue weighted by atomic mass is 9.84. The zero-order valence-corrected chi connectivity index (χ0v) is 15.2. The Morgan fingerprint density at radius 1 is 1.29 bits per heavy atom. The second kappa shape index (κ2) is 5.72. The zero-order valence-electron chi connectivity index (χ0n) is 12.8. The molecule has 1 N–H and O–H groups in total. The third-order valence-corrected chi connectivity index (χ3v) is 6.21. The lowest BCUT2D eigenvalue weighted by Gasteiger charge is -2.49. The lowest BCUT2D eigenvalue weighted by molar-refractivity contribution is -0.162. The average Bonchev–Trinajstić information content (AvgIpc) is 2.87. The van der Waals surface area contributed by atoms with Gasteiger partial charge in [0.1, 0.15) is 11.1 Å². The molecule has 0 aromatic carbocycles. The molecule has 116 valence electrons. The van der Waals surface area contributed by atoms with Crippen LogP contribution >= 0.6 is 27.3 Å². The monoisotopic (exact) mass is 372 g/mol. The van der Waals surface area contributed by atoms with Gasteiger partial charge in [-0.3, -0.25) is 9.59 Å². The van der Waals surface area contributed by atoms with Crippen molar-refractivity contribution in [3.8, 4) is 0 Å². The molecule has 4 nitrogen and oxygen atoms in total. The highest BCUT2D eigenvalue weighted by Crippen LogP contribution is 2.33. The van der Waals surface area contributed by atoms with Gasteiger partial charge in [-0.15, -0.1) is 11.3 Å². The van der Waals surface area contributed by atoms with E-state index in [0.29, 0.717) is 19.4 Å². The summed E-state index contributed by atoms with van der Waals surface area (Å²) >= 11 is 5.03. The van der Waals surface area contributed by atoms with Crippen molar-refractivity contribution in [2.24, 2.45) is 0 Å². The van der Waals surface area contributed by atoms with Crippen LogP contribution in [0.15, 0.2) is 15.9 Å². The molecule has 0 saturated carbocycles. The van der Waals surface area contributed by atoms with E-state index in [-0.39, 0.29) is 11.8 Å². The molecule has 0 aliphatic carbocycles. The summed E-state index contributed by atoms with van der Waals surface area (Å²) in [6.45, 7) is 7.99. The van der Waals surface area contributed by atoms with Crippen molar-refractivity contribution in [1.29, 1.82) is 0 Å². The zero-order chi connectivity index (χ0) is 15.8. The van der Waals surface area contributed by atoms with Gasteiger partial charge in [-0.25, -0.2) is 0 Å². The summed E-state index contributed by atoms with van der Waals surface area (Å²) in [4.78, 5) is 28.3. The second-order valence-electron chi connectivity index (χ2n) is 5.89. The Morgan fingerprint density at radius 2 is 1.95 bits per heavy atom. The van der Waals surface area contributed by atoms with Gasteiger partial charge in [0.2, 0.25) is 11.8 Å². The van der Waals surface area contributed by atoms with E-state index in [9.17, 15) is 9.59 Å². The Labute approximate surface area is 138 Å². The molecule has 2 amide bonds. The molecule has 0 radical (unpaired) electrons. The third kappa shape index (κ3) is 2.75. The molecule has 2 atom stereocenters. The van der Waals surface area contributed by atoms with Crippen molar-refractivity contribution < 1.29 is 9.59 Å². The summed E-state index contributed by atoms with van der Waals surface area (Å²) in [5, 5.41) is 4.91. The standard InChI is InChI=1S/C15H21BrN2O2S/c1-5-14(3)13(20)18(8-11-7-10(16)9-21-11)15(4,6-2)12(19)17-14/h7,9H,5-6,8H2,1-4H3,(H,17,19). The molecular weight excluding hydrogens is 352 g/mol. The van der Waals surface area contributed by atoms with E-state index in [1.807, 2.05) is 32.2 Å². The van der Waals surface area contributed by atoms with E-state index in [1.54, 1.807) is 23.2 Å². The Balaban J connectivity index is 2.39. The maximum atomic E-state index is 12.9. The molecule has 2 heterocycles. The van der Waals surface area contributed by atoms with E-state index >= 15 is 0 Å². The molecule has 6 heteroatoms. The molecule has 0 spiro atoms. The van der Waals surface area contributed by atoms with E-state index in [1.165, 1.54) is 0 Å². The van der Waals surface area contributed by atoms with Crippen LogP contribution in [0.2, 0.25) is 0 Å². The first-order chi connectivity index (χ1) is 9.76. The minimum absolute atomic E-state index is 0.00141. The van der Waals surface area contributed by atoms with Gasteiger partial charge in [0, 0.05) is 14.7 Å². The summed E-state index contributed by atoms with van der Waals surface area (Å²) in [5.41, 5.74) is -1.59. The van der Waals surface area contributed by atoms with Crippen molar-refractivity contribution in [2.45, 2.75) is 58.2 Å². The number of nitrogens with zero attached hydrogens (tertiary/aromatic N) is 1. The smallest absolute Gasteiger partial charge is 0.249 e. The van der Waals surface area contributed by atoms with E-state index in [0.717, 1.165) is 9.35 Å². The summed E-state index contributed by atoms with van der Waals surface area (Å²) in [5.74, 6) is -0.0666. The highest BCUT2D eigenvalue weighted by Gasteiger charge is 2.52. The molecule has 1 aromatic heterocycles. The highest BCUT2D eigenvalue weighted by atomic mass is 79.9. The van der Waals surface area contributed by atoms with Gasteiger partial charge in [0.15, 0.2) is 0 Å². The Bertz CT molecular complexity index is 574. The summed E-state index contributed by atoms with van der Waals surface area (Å²) in [6.07, 6.45) is 1.18. The second-order valence-corrected chi connectivity index (χ2v) is 7.80. The van der Waals surface area contributed by atoms with Crippen LogP contribution in [-0.2, 0) is 16.1 Å². The number of piperazine rings is 1. The van der Waals surface area contributed by atoms with Gasteiger partial charge >= 0.3 is 0 Å². The van der Waals surface area contributed by atoms with Crippen LogP contribution in [0.3, 0.4) is 0 Å². The normalized spacial score (nSPS) is 29.7. The Morgan fingerprint density at radius 3 is 2.43 bits per heavy atom. The number of hydrogen-bond acceptors (Lipinski definition) is 3. The fourth-order valence-electron chi connectivity index (χ4n) is 2.51. The van der Waals surface area contributed by atoms with Crippen molar-refractivity contribution in [3.05, 3.63) is 20.8 Å². The molecule has 1 aliphatic rings. The van der Waals surface area contributed by atoms with Crippen molar-refractivity contribution in [2.75, 3.05) is 0 Å². The van der Waals surface area contributed by atoms with Crippen LogP contribution in [0, 0.1) is 0 Å². The molecule has 1 aliphatic heterocycles. The van der Waals surface area contributed by atoms with E-state index in [4.69, 9.17) is 0 Å². The first-order valence-corrected chi connectivity index (χ1v) is 8.81. The van der Waals surface area contributed by atoms with Crippen LogP contribution in [-0.4, -0.2) is 27.8 Å². The predicted molar refractivity (Wildman–Crippen MR) is 88.1 cm³/mol. The Kier molecular flexibility index (Phi) is 4.49. The molecular formula is C15H21BrN2O2S. The number of nitrogens with one attached hydrogen (secondary N) is 1. The van der Waals surface area contributed by atoms with Gasteiger partial charge in [0.05, 0.1) is 6.54 Å². The van der Waals surface area contributed by atoms with Crippen molar-refractivity contribution in [3.63, 3.8) is 0 Å². The predicted octanol–water partition coefficient (Wildman–Crippen LogP) is 3.31. The van der Waals surface area contributed by atoms with Gasteiger partial charge in [-0.2, -0.15) is 0 Å². The summed E-state index contributed by atoms with van der Waals surface area (Å²) in [6, 6.07) is 2.00. The summed E-state index contributed by atoms with van der Waals surface area (Å²) in [7, 11) is 0. The number of rotatable bonds is 4. The number of carbonyl (C=O) groups excluding carboxylic acids is 2. The SMILES string of the molecule is CCC1(C)NC(=O)C(C)(CC)N(Cc2cc(Br)cs2)C1=O. The minimum Gasteiger partial charge on any atom is -0.340 e. The topological polar surface area (TPSA) is 49.4 Å². The van der Waals surface area contributed by atoms with Crippen LogP contribution in [0.4, 0.5) is 0 Å². The van der Waals surface area contributed by atoms with Gasteiger partial charge in [0.25, 0.3) is 0 Å². The fraction of sp³-hybridized carbons (Fsp3) is 0.600. The molecule has 2 unspecified atom stereocenters. The van der Waals surface area contributed by atoms with Crippen LogP contribution in [0.5, 0.6) is 0 Å². The number of hydrogen-bond donors (Lipinski definition) is 1. The third-order valence-electron chi connectivity index (χ3n) is 4.52. The van der Waals surface area contributed by atoms with Crippen LogP contribution in [0.25, 0.3) is 0 Å². The first kappa shape index (κ1) is 16.5. The maximum absolute atomic E-state index is 12.9. The molecule has 21 heavy (non-hydrogen) atoms. The molecule has 2 rings (SSSR count). The van der Waals surface area contributed by atoms with Gasteiger partial charge in [-0.1, -0.05) is 13.8 Å². The van der Waals surface area contributed by atoms with Crippen LogP contribution < -0.4 is 5.32 Å². The molecule has 1 fully saturated rings. The fourth-order valence-corrected chi connectivity index (χ4v) is 3.95. The average molecular weight is 373 g/mol.